The first-order valence-corrected chi connectivity index (χ1v) is 9.11. The molecular weight excluding hydrogens is 361 g/mol. The average molecular weight is 382 g/mol. The molecule has 3 aromatic rings. The Balaban J connectivity index is 1.93. The van der Waals surface area contributed by atoms with Gasteiger partial charge in [0, 0.05) is 11.1 Å². The Hall–Kier alpha value is -3.01. The van der Waals surface area contributed by atoms with Crippen LogP contribution in [-0.2, 0) is 11.2 Å². The molecule has 144 valence electrons. The number of hydrogen-bond acceptors (Lipinski definition) is 1. The molecule has 0 aliphatic heterocycles. The lowest BCUT2D eigenvalue weighted by atomic mass is 9.97. The van der Waals surface area contributed by atoms with Crippen LogP contribution in [0.5, 0.6) is 0 Å². The Morgan fingerprint density at radius 2 is 1.39 bits per heavy atom. The van der Waals surface area contributed by atoms with Crippen LogP contribution in [0.15, 0.2) is 60.9 Å². The summed E-state index contributed by atoms with van der Waals surface area (Å²) < 4.78 is 47.9. The van der Waals surface area contributed by atoms with Gasteiger partial charge >= 0.3 is 0 Å². The van der Waals surface area contributed by atoms with E-state index in [1.54, 1.807) is 12.1 Å². The van der Waals surface area contributed by atoms with Crippen molar-refractivity contribution in [3.8, 4) is 22.3 Å². The van der Waals surface area contributed by atoms with Gasteiger partial charge in [0.25, 0.3) is 0 Å². The van der Waals surface area contributed by atoms with E-state index < -0.39 is 17.5 Å². The fraction of sp³-hybridized carbons (Fsp3) is 0.167. The van der Waals surface area contributed by atoms with Crippen LogP contribution in [0.3, 0.4) is 0 Å². The second-order valence-corrected chi connectivity index (χ2v) is 6.53. The van der Waals surface area contributed by atoms with Gasteiger partial charge in [-0.1, -0.05) is 49.7 Å². The molecule has 1 nitrogen and oxygen atoms in total. The lowest BCUT2D eigenvalue weighted by Gasteiger charge is -2.09. The minimum Gasteiger partial charge on any atom is -0.504 e. The summed E-state index contributed by atoms with van der Waals surface area (Å²) in [7, 11) is 1.38. The second-order valence-electron chi connectivity index (χ2n) is 6.53. The highest BCUT2D eigenvalue weighted by Gasteiger charge is 2.13. The number of aryl methyl sites for hydroxylation is 1. The molecule has 28 heavy (non-hydrogen) atoms. The Labute approximate surface area is 163 Å². The van der Waals surface area contributed by atoms with Gasteiger partial charge in [-0.15, -0.1) is 0 Å². The Bertz CT molecular complexity index is 968. The zero-order valence-corrected chi connectivity index (χ0v) is 15.8. The van der Waals surface area contributed by atoms with Crippen molar-refractivity contribution in [2.24, 2.45) is 0 Å². The van der Waals surface area contributed by atoms with Crippen molar-refractivity contribution in [1.82, 2.24) is 0 Å². The molecular formula is C24H21F3O. The van der Waals surface area contributed by atoms with E-state index in [4.69, 9.17) is 4.74 Å². The monoisotopic (exact) mass is 382 g/mol. The third-order valence-corrected chi connectivity index (χ3v) is 4.56. The predicted molar refractivity (Wildman–Crippen MR) is 107 cm³/mol. The summed E-state index contributed by atoms with van der Waals surface area (Å²) in [5, 5.41) is 0. The van der Waals surface area contributed by atoms with E-state index in [1.165, 1.54) is 31.1 Å². The van der Waals surface area contributed by atoms with Crippen molar-refractivity contribution < 1.29 is 17.9 Å². The predicted octanol–water partition coefficient (Wildman–Crippen LogP) is 7.01. The summed E-state index contributed by atoms with van der Waals surface area (Å²) in [6.07, 6.45) is 4.44. The van der Waals surface area contributed by atoms with Crippen LogP contribution in [0.4, 0.5) is 13.2 Å². The smallest absolute Gasteiger partial charge is 0.134 e. The normalized spacial score (nSPS) is 11.2. The van der Waals surface area contributed by atoms with Gasteiger partial charge in [0.15, 0.2) is 0 Å². The van der Waals surface area contributed by atoms with Crippen LogP contribution in [0, 0.1) is 17.5 Å². The molecule has 0 N–H and O–H groups in total. The molecule has 0 bridgehead atoms. The molecule has 0 heterocycles. The number of methoxy groups -OCH3 is 1. The molecule has 0 unspecified atom stereocenters. The maximum Gasteiger partial charge on any atom is 0.134 e. The van der Waals surface area contributed by atoms with Gasteiger partial charge in [0.2, 0.25) is 0 Å². The maximum absolute atomic E-state index is 14.7. The molecule has 0 saturated carbocycles. The van der Waals surface area contributed by atoms with Crippen molar-refractivity contribution in [2.45, 2.75) is 19.8 Å². The van der Waals surface area contributed by atoms with Crippen molar-refractivity contribution in [2.75, 3.05) is 7.11 Å². The molecule has 0 aromatic heterocycles. The summed E-state index contributed by atoms with van der Waals surface area (Å²) in [6, 6.07) is 14.9. The van der Waals surface area contributed by atoms with Gasteiger partial charge in [-0.25, -0.2) is 13.2 Å². The standard InChI is InChI=1S/C24H21F3O/c1-3-4-16-5-7-17(8-6-16)18-9-10-20(22(25)13-18)19-14-23(26)21(11-12-28-2)24(27)15-19/h5-15H,3-4H2,1-2H3. The molecule has 0 aliphatic carbocycles. The van der Waals surface area contributed by atoms with E-state index in [0.29, 0.717) is 5.56 Å². The molecule has 0 atom stereocenters. The molecule has 3 aromatic carbocycles. The zero-order chi connectivity index (χ0) is 20.1. The van der Waals surface area contributed by atoms with E-state index in [1.807, 2.05) is 24.3 Å². The van der Waals surface area contributed by atoms with E-state index in [-0.39, 0.29) is 16.7 Å². The number of ether oxygens (including phenoxy) is 1. The Morgan fingerprint density at radius 1 is 0.786 bits per heavy atom. The van der Waals surface area contributed by atoms with Gasteiger partial charge < -0.3 is 4.74 Å². The quantitative estimate of drug-likeness (QED) is 0.417. The first-order chi connectivity index (χ1) is 13.5. The fourth-order valence-electron chi connectivity index (χ4n) is 3.12. The summed E-state index contributed by atoms with van der Waals surface area (Å²) in [4.78, 5) is 0. The summed E-state index contributed by atoms with van der Waals surface area (Å²) in [6.45, 7) is 2.12. The number of halogens is 3. The third kappa shape index (κ3) is 4.28. The second kappa shape index (κ2) is 8.79. The van der Waals surface area contributed by atoms with E-state index in [0.717, 1.165) is 30.5 Å². The van der Waals surface area contributed by atoms with Gasteiger partial charge in [-0.2, -0.15) is 0 Å². The molecule has 3 rings (SSSR count). The SMILES string of the molecule is CCCc1ccc(-c2ccc(-c3cc(F)c(C=COC)c(F)c3)c(F)c2)cc1. The maximum atomic E-state index is 14.7. The highest BCUT2D eigenvalue weighted by molar-refractivity contribution is 5.72. The highest BCUT2D eigenvalue weighted by atomic mass is 19.1. The van der Waals surface area contributed by atoms with E-state index in [9.17, 15) is 13.2 Å². The molecule has 0 aliphatic rings. The van der Waals surface area contributed by atoms with Gasteiger partial charge in [-0.05, 0) is 52.9 Å². The largest absolute Gasteiger partial charge is 0.504 e. The topological polar surface area (TPSA) is 9.23 Å². The fourth-order valence-corrected chi connectivity index (χ4v) is 3.12. The van der Waals surface area contributed by atoms with Crippen molar-refractivity contribution in [3.63, 3.8) is 0 Å². The Kier molecular flexibility index (Phi) is 6.19. The molecule has 0 fully saturated rings. The molecule has 0 radical (unpaired) electrons. The highest BCUT2D eigenvalue weighted by Crippen LogP contribution is 2.30. The van der Waals surface area contributed by atoms with Crippen molar-refractivity contribution in [1.29, 1.82) is 0 Å². The van der Waals surface area contributed by atoms with Crippen LogP contribution in [0.1, 0.15) is 24.5 Å². The minimum atomic E-state index is -0.779. The van der Waals surface area contributed by atoms with Gasteiger partial charge in [-0.3, -0.25) is 0 Å². The Morgan fingerprint density at radius 3 is 1.96 bits per heavy atom. The van der Waals surface area contributed by atoms with E-state index in [2.05, 4.69) is 6.92 Å². The van der Waals surface area contributed by atoms with Crippen molar-refractivity contribution in [3.05, 3.63) is 89.4 Å². The third-order valence-electron chi connectivity index (χ3n) is 4.56. The first-order valence-electron chi connectivity index (χ1n) is 9.11. The summed E-state index contributed by atoms with van der Waals surface area (Å²) in [5.41, 5.74) is 2.90. The van der Waals surface area contributed by atoms with Crippen molar-refractivity contribution >= 4 is 6.08 Å². The van der Waals surface area contributed by atoms with Crippen LogP contribution in [-0.4, -0.2) is 7.11 Å². The van der Waals surface area contributed by atoms with Gasteiger partial charge in [0.1, 0.15) is 17.5 Å². The van der Waals surface area contributed by atoms with Crippen LogP contribution in [0.2, 0.25) is 0 Å². The van der Waals surface area contributed by atoms with Crippen LogP contribution >= 0.6 is 0 Å². The van der Waals surface area contributed by atoms with Gasteiger partial charge in [0.05, 0.1) is 13.4 Å². The number of hydrogen-bond donors (Lipinski definition) is 0. The molecule has 0 amide bonds. The zero-order valence-electron chi connectivity index (χ0n) is 15.8. The number of benzene rings is 3. The first kappa shape index (κ1) is 19.7. The minimum absolute atomic E-state index is 0.145. The van der Waals surface area contributed by atoms with Crippen LogP contribution < -0.4 is 0 Å². The van der Waals surface area contributed by atoms with E-state index >= 15 is 0 Å². The molecule has 0 saturated heterocycles. The molecule has 4 heteroatoms. The average Bonchev–Trinajstić information content (AvgIpc) is 2.68. The number of rotatable bonds is 6. The molecule has 0 spiro atoms. The lowest BCUT2D eigenvalue weighted by molar-refractivity contribution is 0.341. The lowest BCUT2D eigenvalue weighted by Crippen LogP contribution is -1.93. The summed E-state index contributed by atoms with van der Waals surface area (Å²) in [5.74, 6) is -2.09. The van der Waals surface area contributed by atoms with Crippen LogP contribution in [0.25, 0.3) is 28.3 Å². The summed E-state index contributed by atoms with van der Waals surface area (Å²) >= 11 is 0.